The van der Waals surface area contributed by atoms with Gasteiger partial charge in [0.2, 0.25) is 0 Å². The van der Waals surface area contributed by atoms with Gasteiger partial charge in [-0.05, 0) is 30.9 Å². The second-order valence-electron chi connectivity index (χ2n) is 4.54. The molecule has 3 atom stereocenters. The molecule has 1 heterocycles. The number of benzene rings is 1. The number of rotatable bonds is 5. The molecule has 0 aliphatic carbocycles. The van der Waals surface area contributed by atoms with Crippen LogP contribution in [0, 0.1) is 0 Å². The molecule has 0 N–H and O–H groups in total. The van der Waals surface area contributed by atoms with E-state index >= 15 is 0 Å². The summed E-state index contributed by atoms with van der Waals surface area (Å²) in [4.78, 5) is 0. The van der Waals surface area contributed by atoms with Crippen molar-refractivity contribution in [3.8, 4) is 5.75 Å². The van der Waals surface area contributed by atoms with E-state index in [1.165, 1.54) is 5.56 Å². The Morgan fingerprint density at radius 1 is 1.38 bits per heavy atom. The topological polar surface area (TPSA) is 21.8 Å². The molecule has 0 saturated carbocycles. The maximum absolute atomic E-state index is 5.97. The molecule has 1 aliphatic rings. The van der Waals surface area contributed by atoms with Crippen molar-refractivity contribution in [3.63, 3.8) is 0 Å². The first-order valence-electron chi connectivity index (χ1n) is 6.09. The maximum atomic E-state index is 5.97. The lowest BCUT2D eigenvalue weighted by Crippen LogP contribution is -2.19. The van der Waals surface area contributed by atoms with Gasteiger partial charge in [0.1, 0.15) is 18.0 Å². The largest absolute Gasteiger partial charge is 0.488 e. The summed E-state index contributed by atoms with van der Waals surface area (Å²) >= 11 is 0. The molecule has 1 aromatic carbocycles. The molecular formula is C14H20O2. The molecule has 1 aliphatic heterocycles. The highest BCUT2D eigenvalue weighted by molar-refractivity contribution is 5.36. The van der Waals surface area contributed by atoms with Crippen molar-refractivity contribution < 1.29 is 9.47 Å². The van der Waals surface area contributed by atoms with Gasteiger partial charge in [-0.15, -0.1) is 0 Å². The highest BCUT2D eigenvalue weighted by Crippen LogP contribution is 2.30. The zero-order chi connectivity index (χ0) is 11.5. The maximum Gasteiger partial charge on any atom is 0.124 e. The van der Waals surface area contributed by atoms with Gasteiger partial charge in [-0.2, -0.15) is 0 Å². The molecule has 1 saturated heterocycles. The molecule has 2 nitrogen and oxygen atoms in total. The van der Waals surface area contributed by atoms with Gasteiger partial charge in [-0.3, -0.25) is 0 Å². The summed E-state index contributed by atoms with van der Waals surface area (Å²) in [7, 11) is 0. The standard InChI is InChI=1S/C14H20O2/c1-4-10(2)12-7-5-6-8-13(12)16-11(3)14-9-15-14/h5-8,10-11,14H,4,9H2,1-3H3. The van der Waals surface area contributed by atoms with Gasteiger partial charge in [0.15, 0.2) is 0 Å². The Hall–Kier alpha value is -1.02. The summed E-state index contributed by atoms with van der Waals surface area (Å²) in [5, 5.41) is 0. The van der Waals surface area contributed by atoms with Crippen LogP contribution in [0.1, 0.15) is 38.7 Å². The van der Waals surface area contributed by atoms with Gasteiger partial charge in [-0.1, -0.05) is 32.0 Å². The number of hydrogen-bond donors (Lipinski definition) is 0. The van der Waals surface area contributed by atoms with Gasteiger partial charge in [-0.25, -0.2) is 0 Å². The fourth-order valence-corrected chi connectivity index (χ4v) is 1.82. The molecule has 2 rings (SSSR count). The lowest BCUT2D eigenvalue weighted by molar-refractivity contribution is 0.174. The number of para-hydroxylation sites is 1. The molecule has 0 radical (unpaired) electrons. The minimum absolute atomic E-state index is 0.158. The summed E-state index contributed by atoms with van der Waals surface area (Å²) in [5.41, 5.74) is 1.30. The van der Waals surface area contributed by atoms with E-state index in [-0.39, 0.29) is 6.10 Å². The van der Waals surface area contributed by atoms with Crippen LogP contribution in [0.25, 0.3) is 0 Å². The van der Waals surface area contributed by atoms with E-state index in [4.69, 9.17) is 9.47 Å². The van der Waals surface area contributed by atoms with E-state index in [9.17, 15) is 0 Å². The molecule has 0 aromatic heterocycles. The van der Waals surface area contributed by atoms with Crippen molar-refractivity contribution >= 4 is 0 Å². The number of hydrogen-bond acceptors (Lipinski definition) is 2. The molecule has 3 unspecified atom stereocenters. The fourth-order valence-electron chi connectivity index (χ4n) is 1.82. The van der Waals surface area contributed by atoms with Crippen molar-refractivity contribution in [2.45, 2.75) is 45.3 Å². The van der Waals surface area contributed by atoms with Gasteiger partial charge >= 0.3 is 0 Å². The first-order valence-corrected chi connectivity index (χ1v) is 6.09. The number of ether oxygens (including phenoxy) is 2. The zero-order valence-corrected chi connectivity index (χ0v) is 10.3. The molecule has 1 fully saturated rings. The van der Waals surface area contributed by atoms with Crippen LogP contribution >= 0.6 is 0 Å². The van der Waals surface area contributed by atoms with Crippen LogP contribution in [-0.2, 0) is 4.74 Å². The SMILES string of the molecule is CCC(C)c1ccccc1OC(C)C1CO1. The molecule has 0 bridgehead atoms. The highest BCUT2D eigenvalue weighted by Gasteiger charge is 2.31. The average Bonchev–Trinajstić information content (AvgIpc) is 3.12. The van der Waals surface area contributed by atoms with E-state index in [1.807, 2.05) is 6.07 Å². The van der Waals surface area contributed by atoms with Crippen LogP contribution in [0.15, 0.2) is 24.3 Å². The molecule has 2 heteroatoms. The van der Waals surface area contributed by atoms with E-state index < -0.39 is 0 Å². The lowest BCUT2D eigenvalue weighted by Gasteiger charge is -2.18. The summed E-state index contributed by atoms with van der Waals surface area (Å²) in [6, 6.07) is 8.32. The van der Waals surface area contributed by atoms with Crippen molar-refractivity contribution in [3.05, 3.63) is 29.8 Å². The van der Waals surface area contributed by atoms with E-state index in [0.717, 1.165) is 18.8 Å². The Morgan fingerprint density at radius 2 is 2.06 bits per heavy atom. The van der Waals surface area contributed by atoms with Crippen LogP contribution in [0.2, 0.25) is 0 Å². The van der Waals surface area contributed by atoms with E-state index in [2.05, 4.69) is 39.0 Å². The molecule has 1 aromatic rings. The van der Waals surface area contributed by atoms with Crippen LogP contribution in [-0.4, -0.2) is 18.8 Å². The van der Waals surface area contributed by atoms with Crippen LogP contribution in [0.5, 0.6) is 5.75 Å². The Bertz CT molecular complexity index is 344. The second kappa shape index (κ2) is 4.88. The van der Waals surface area contributed by atoms with Crippen LogP contribution in [0.4, 0.5) is 0 Å². The first kappa shape index (κ1) is 11.5. The monoisotopic (exact) mass is 220 g/mol. The highest BCUT2D eigenvalue weighted by atomic mass is 16.6. The van der Waals surface area contributed by atoms with Gasteiger partial charge in [0.05, 0.1) is 6.61 Å². The molecule has 0 amide bonds. The minimum atomic E-state index is 0.158. The van der Waals surface area contributed by atoms with Crippen LogP contribution in [0.3, 0.4) is 0 Å². The Morgan fingerprint density at radius 3 is 2.69 bits per heavy atom. The van der Waals surface area contributed by atoms with Crippen molar-refractivity contribution in [1.82, 2.24) is 0 Å². The fraction of sp³-hybridized carbons (Fsp3) is 0.571. The van der Waals surface area contributed by atoms with E-state index in [1.54, 1.807) is 0 Å². The number of epoxide rings is 1. The third kappa shape index (κ3) is 2.56. The first-order chi connectivity index (χ1) is 7.72. The summed E-state index contributed by atoms with van der Waals surface area (Å²) in [5.74, 6) is 1.56. The van der Waals surface area contributed by atoms with Crippen molar-refractivity contribution in [1.29, 1.82) is 0 Å². The van der Waals surface area contributed by atoms with Crippen molar-refractivity contribution in [2.75, 3.05) is 6.61 Å². The average molecular weight is 220 g/mol. The molecule has 88 valence electrons. The third-order valence-corrected chi connectivity index (χ3v) is 3.26. The molecule has 16 heavy (non-hydrogen) atoms. The zero-order valence-electron chi connectivity index (χ0n) is 10.3. The third-order valence-electron chi connectivity index (χ3n) is 3.26. The van der Waals surface area contributed by atoms with E-state index in [0.29, 0.717) is 12.0 Å². The molecule has 0 spiro atoms. The summed E-state index contributed by atoms with van der Waals surface area (Å²) in [6.45, 7) is 7.35. The van der Waals surface area contributed by atoms with Gasteiger partial charge < -0.3 is 9.47 Å². The van der Waals surface area contributed by atoms with Gasteiger partial charge in [0.25, 0.3) is 0 Å². The Labute approximate surface area is 97.6 Å². The van der Waals surface area contributed by atoms with Crippen molar-refractivity contribution in [2.24, 2.45) is 0 Å². The Balaban J connectivity index is 2.11. The smallest absolute Gasteiger partial charge is 0.124 e. The quantitative estimate of drug-likeness (QED) is 0.710. The summed E-state index contributed by atoms with van der Waals surface area (Å²) in [6.07, 6.45) is 1.59. The van der Waals surface area contributed by atoms with Crippen LogP contribution < -0.4 is 4.74 Å². The predicted octanol–water partition coefficient (Wildman–Crippen LogP) is 3.37. The summed E-state index contributed by atoms with van der Waals surface area (Å²) < 4.78 is 11.2. The Kier molecular flexibility index (Phi) is 3.49. The molecular weight excluding hydrogens is 200 g/mol. The van der Waals surface area contributed by atoms with Gasteiger partial charge in [0, 0.05) is 0 Å². The lowest BCUT2D eigenvalue weighted by atomic mass is 9.98. The predicted molar refractivity (Wildman–Crippen MR) is 65.0 cm³/mol. The second-order valence-corrected chi connectivity index (χ2v) is 4.54. The normalized spacial score (nSPS) is 22.6. The minimum Gasteiger partial charge on any atom is -0.488 e.